The van der Waals surface area contributed by atoms with Crippen LogP contribution < -0.4 is 5.32 Å². The second-order valence-corrected chi connectivity index (χ2v) is 6.44. The maximum Gasteiger partial charge on any atom is 0.126 e. The van der Waals surface area contributed by atoms with Crippen LogP contribution >= 0.6 is 0 Å². The fourth-order valence-corrected chi connectivity index (χ4v) is 3.05. The molecule has 1 fully saturated rings. The molecular weight excluding hydrogens is 270 g/mol. The van der Waals surface area contributed by atoms with Gasteiger partial charge in [0, 0.05) is 24.7 Å². The minimum absolute atomic E-state index is 0.0528. The fraction of sp³-hybridized carbons (Fsp3) is 0.647. The van der Waals surface area contributed by atoms with Gasteiger partial charge in [-0.05, 0) is 56.5 Å². The molecule has 0 aromatic heterocycles. The third-order valence-corrected chi connectivity index (χ3v) is 4.28. The number of benzene rings is 1. The van der Waals surface area contributed by atoms with E-state index < -0.39 is 11.6 Å². The minimum Gasteiger partial charge on any atom is -0.314 e. The van der Waals surface area contributed by atoms with Crippen LogP contribution in [0.1, 0.15) is 45.2 Å². The molecule has 1 aliphatic rings. The topological polar surface area (TPSA) is 15.3 Å². The van der Waals surface area contributed by atoms with E-state index in [-0.39, 0.29) is 6.04 Å². The zero-order valence-corrected chi connectivity index (χ0v) is 13.2. The molecule has 0 radical (unpaired) electrons. The number of nitrogens with zero attached hydrogens (tertiary/aromatic N) is 1. The summed E-state index contributed by atoms with van der Waals surface area (Å²) in [6.07, 6.45) is 2.37. The van der Waals surface area contributed by atoms with E-state index in [0.717, 1.165) is 37.7 Å². The van der Waals surface area contributed by atoms with Crippen molar-refractivity contribution in [3.8, 4) is 0 Å². The molecule has 2 nitrogen and oxygen atoms in total. The summed E-state index contributed by atoms with van der Waals surface area (Å²) in [4.78, 5) is 2.34. The first-order valence-electron chi connectivity index (χ1n) is 7.89. The smallest absolute Gasteiger partial charge is 0.126 e. The summed E-state index contributed by atoms with van der Waals surface area (Å²) in [5, 5.41) is 3.49. The molecule has 1 aromatic carbocycles. The Morgan fingerprint density at radius 3 is 2.48 bits per heavy atom. The average Bonchev–Trinajstić information content (AvgIpc) is 2.43. The Morgan fingerprint density at radius 2 is 1.86 bits per heavy atom. The lowest BCUT2D eigenvalue weighted by Gasteiger charge is -2.37. The predicted octanol–water partition coefficient (Wildman–Crippen LogP) is 3.74. The number of likely N-dealkylation sites (tertiary alicyclic amines) is 1. The van der Waals surface area contributed by atoms with Gasteiger partial charge < -0.3 is 5.32 Å². The maximum atomic E-state index is 13.4. The van der Waals surface area contributed by atoms with Crippen molar-refractivity contribution >= 4 is 0 Å². The van der Waals surface area contributed by atoms with E-state index in [2.05, 4.69) is 24.1 Å². The van der Waals surface area contributed by atoms with Gasteiger partial charge in [0.25, 0.3) is 0 Å². The van der Waals surface area contributed by atoms with E-state index >= 15 is 0 Å². The largest absolute Gasteiger partial charge is 0.314 e. The molecule has 2 atom stereocenters. The standard InChI is InChI=1S/C17H26F2N2/c1-12(2)20-10-14-5-4-6-21(11-14)13(3)15-7-16(18)9-17(19)8-15/h7-9,12-14,20H,4-6,10-11H2,1-3H3. The second kappa shape index (κ2) is 7.32. The van der Waals surface area contributed by atoms with Crippen molar-refractivity contribution < 1.29 is 8.78 Å². The van der Waals surface area contributed by atoms with E-state index in [9.17, 15) is 8.78 Å². The first kappa shape index (κ1) is 16.4. The fourth-order valence-electron chi connectivity index (χ4n) is 3.05. The molecule has 2 rings (SSSR count). The highest BCUT2D eigenvalue weighted by atomic mass is 19.1. The van der Waals surface area contributed by atoms with E-state index in [1.807, 2.05) is 6.92 Å². The Balaban J connectivity index is 1.99. The summed E-state index contributed by atoms with van der Waals surface area (Å²) >= 11 is 0. The summed E-state index contributed by atoms with van der Waals surface area (Å²) in [6, 6.07) is 4.38. The minimum atomic E-state index is -0.494. The lowest BCUT2D eigenvalue weighted by atomic mass is 9.95. The lowest BCUT2D eigenvalue weighted by molar-refractivity contribution is 0.129. The number of hydrogen-bond donors (Lipinski definition) is 1. The van der Waals surface area contributed by atoms with Crippen LogP contribution in [0.5, 0.6) is 0 Å². The first-order chi connectivity index (χ1) is 9.95. The van der Waals surface area contributed by atoms with E-state index in [0.29, 0.717) is 12.0 Å². The summed E-state index contributed by atoms with van der Waals surface area (Å²) in [6.45, 7) is 9.33. The Labute approximate surface area is 126 Å². The van der Waals surface area contributed by atoms with Gasteiger partial charge in [-0.1, -0.05) is 13.8 Å². The van der Waals surface area contributed by atoms with Gasteiger partial charge in [0.1, 0.15) is 11.6 Å². The van der Waals surface area contributed by atoms with Crippen LogP contribution in [0.3, 0.4) is 0 Å². The molecular formula is C17H26F2N2. The first-order valence-corrected chi connectivity index (χ1v) is 7.89. The van der Waals surface area contributed by atoms with Crippen molar-refractivity contribution in [3.63, 3.8) is 0 Å². The van der Waals surface area contributed by atoms with Crippen molar-refractivity contribution in [1.29, 1.82) is 0 Å². The Hall–Kier alpha value is -1.00. The van der Waals surface area contributed by atoms with Crippen molar-refractivity contribution in [2.24, 2.45) is 5.92 Å². The van der Waals surface area contributed by atoms with E-state index in [1.54, 1.807) is 0 Å². The monoisotopic (exact) mass is 296 g/mol. The summed E-state index contributed by atoms with van der Waals surface area (Å²) in [5.41, 5.74) is 0.727. The van der Waals surface area contributed by atoms with Crippen molar-refractivity contribution in [3.05, 3.63) is 35.4 Å². The number of rotatable bonds is 5. The van der Waals surface area contributed by atoms with Crippen LogP contribution in [0.25, 0.3) is 0 Å². The normalized spacial score (nSPS) is 21.7. The van der Waals surface area contributed by atoms with Gasteiger partial charge in [-0.15, -0.1) is 0 Å². The molecule has 1 saturated heterocycles. The SMILES string of the molecule is CC(C)NCC1CCCN(C(C)c2cc(F)cc(F)c2)C1. The highest BCUT2D eigenvalue weighted by molar-refractivity contribution is 5.21. The van der Waals surface area contributed by atoms with Crippen LogP contribution in [0, 0.1) is 17.6 Å². The van der Waals surface area contributed by atoms with Crippen molar-refractivity contribution in [2.45, 2.75) is 45.7 Å². The highest BCUT2D eigenvalue weighted by Gasteiger charge is 2.24. The molecule has 1 aliphatic heterocycles. The molecule has 0 amide bonds. The van der Waals surface area contributed by atoms with Crippen LogP contribution in [0.15, 0.2) is 18.2 Å². The van der Waals surface area contributed by atoms with Crippen LogP contribution in [-0.2, 0) is 0 Å². The van der Waals surface area contributed by atoms with E-state index in [4.69, 9.17) is 0 Å². The van der Waals surface area contributed by atoms with Gasteiger partial charge >= 0.3 is 0 Å². The third-order valence-electron chi connectivity index (χ3n) is 4.28. The van der Waals surface area contributed by atoms with Crippen LogP contribution in [0.2, 0.25) is 0 Å². The highest BCUT2D eigenvalue weighted by Crippen LogP contribution is 2.27. The molecule has 1 heterocycles. The molecule has 0 aliphatic carbocycles. The molecule has 4 heteroatoms. The zero-order valence-electron chi connectivity index (χ0n) is 13.2. The molecule has 0 saturated carbocycles. The van der Waals surface area contributed by atoms with Gasteiger partial charge in [-0.2, -0.15) is 0 Å². The number of nitrogens with one attached hydrogen (secondary N) is 1. The summed E-state index contributed by atoms with van der Waals surface area (Å²) in [5.74, 6) is -0.374. The maximum absolute atomic E-state index is 13.4. The number of hydrogen-bond acceptors (Lipinski definition) is 2. The van der Waals surface area contributed by atoms with Gasteiger partial charge in [-0.3, -0.25) is 4.90 Å². The molecule has 2 unspecified atom stereocenters. The number of piperidine rings is 1. The summed E-state index contributed by atoms with van der Waals surface area (Å²) < 4.78 is 26.7. The summed E-state index contributed by atoms with van der Waals surface area (Å²) in [7, 11) is 0. The Morgan fingerprint density at radius 1 is 1.19 bits per heavy atom. The van der Waals surface area contributed by atoms with Crippen LogP contribution in [-0.4, -0.2) is 30.6 Å². The molecule has 118 valence electrons. The van der Waals surface area contributed by atoms with Gasteiger partial charge in [0.2, 0.25) is 0 Å². The van der Waals surface area contributed by atoms with E-state index in [1.165, 1.54) is 18.6 Å². The molecule has 1 N–H and O–H groups in total. The molecule has 0 bridgehead atoms. The van der Waals surface area contributed by atoms with Gasteiger partial charge in [0.05, 0.1) is 0 Å². The Kier molecular flexibility index (Phi) is 5.71. The predicted molar refractivity (Wildman–Crippen MR) is 82.2 cm³/mol. The van der Waals surface area contributed by atoms with Crippen LogP contribution in [0.4, 0.5) is 8.78 Å². The lowest BCUT2D eigenvalue weighted by Crippen LogP contribution is -2.42. The molecule has 21 heavy (non-hydrogen) atoms. The third kappa shape index (κ3) is 4.75. The van der Waals surface area contributed by atoms with Crippen molar-refractivity contribution in [2.75, 3.05) is 19.6 Å². The quantitative estimate of drug-likeness (QED) is 0.890. The van der Waals surface area contributed by atoms with Crippen molar-refractivity contribution in [1.82, 2.24) is 10.2 Å². The number of halogens is 2. The molecule has 0 spiro atoms. The second-order valence-electron chi connectivity index (χ2n) is 6.44. The van der Waals surface area contributed by atoms with Gasteiger partial charge in [-0.25, -0.2) is 8.78 Å². The zero-order chi connectivity index (χ0) is 15.4. The van der Waals surface area contributed by atoms with Gasteiger partial charge in [0.15, 0.2) is 0 Å². The average molecular weight is 296 g/mol. The Bertz CT molecular complexity index is 442. The molecule has 1 aromatic rings.